The average Bonchev–Trinajstić information content (AvgIpc) is 2.67. The van der Waals surface area contributed by atoms with Gasteiger partial charge in [0.25, 0.3) is 0 Å². The van der Waals surface area contributed by atoms with Crippen LogP contribution in [-0.2, 0) is 0 Å². The van der Waals surface area contributed by atoms with Crippen molar-refractivity contribution in [3.63, 3.8) is 0 Å². The molecule has 0 aliphatic carbocycles. The zero-order valence-electron chi connectivity index (χ0n) is 15.2. The van der Waals surface area contributed by atoms with Gasteiger partial charge in [0, 0.05) is 31.6 Å². The van der Waals surface area contributed by atoms with Crippen molar-refractivity contribution in [2.24, 2.45) is 0 Å². The lowest BCUT2D eigenvalue weighted by molar-refractivity contribution is -0.0589. The fraction of sp³-hybridized carbons (Fsp3) is 0.429. The first-order valence-corrected chi connectivity index (χ1v) is 10.1. The maximum atomic E-state index is 13.4. The lowest BCUT2D eigenvalue weighted by Gasteiger charge is -2.46. The van der Waals surface area contributed by atoms with Crippen LogP contribution in [0.4, 0.5) is 4.39 Å². The third-order valence-corrected chi connectivity index (χ3v) is 6.49. The van der Waals surface area contributed by atoms with Crippen molar-refractivity contribution < 1.29 is 19.3 Å². The molecule has 1 saturated heterocycles. The van der Waals surface area contributed by atoms with E-state index in [2.05, 4.69) is 4.90 Å². The van der Waals surface area contributed by atoms with Crippen LogP contribution in [0.1, 0.15) is 42.6 Å². The standard InChI is InChI=1S/C21H22Cl2FNO3/c22-16-3-1-13(9-17(16)23)19(27)12-25-7-5-21(6-8-25)11-18(26)15-10-14(24)2-4-20(15)28-21/h1-4,9-10,18-19,26-27H,5-8,11-12H2. The van der Waals surface area contributed by atoms with E-state index in [1.807, 2.05) is 0 Å². The Balaban J connectivity index is 1.39. The Labute approximate surface area is 173 Å². The highest BCUT2D eigenvalue weighted by molar-refractivity contribution is 6.42. The number of halogens is 3. The van der Waals surface area contributed by atoms with E-state index in [1.54, 1.807) is 24.3 Å². The van der Waals surface area contributed by atoms with Gasteiger partial charge in [0.1, 0.15) is 17.2 Å². The summed E-state index contributed by atoms with van der Waals surface area (Å²) in [5.74, 6) is 0.188. The van der Waals surface area contributed by atoms with Crippen LogP contribution >= 0.6 is 23.2 Å². The van der Waals surface area contributed by atoms with Gasteiger partial charge in [-0.3, -0.25) is 0 Å². The van der Waals surface area contributed by atoms with Crippen LogP contribution in [0, 0.1) is 5.82 Å². The maximum absolute atomic E-state index is 13.4. The molecule has 2 aliphatic rings. The second kappa shape index (κ2) is 7.81. The van der Waals surface area contributed by atoms with Crippen molar-refractivity contribution in [3.05, 3.63) is 63.4 Å². The number of likely N-dealkylation sites (tertiary alicyclic amines) is 1. The molecular weight excluding hydrogens is 404 g/mol. The van der Waals surface area contributed by atoms with Gasteiger partial charge in [-0.05, 0) is 48.7 Å². The van der Waals surface area contributed by atoms with E-state index in [1.165, 1.54) is 12.1 Å². The second-order valence-electron chi connectivity index (χ2n) is 7.68. The average molecular weight is 426 g/mol. The van der Waals surface area contributed by atoms with E-state index < -0.39 is 17.8 Å². The molecule has 2 unspecified atom stereocenters. The molecule has 1 spiro atoms. The van der Waals surface area contributed by atoms with E-state index in [4.69, 9.17) is 27.9 Å². The van der Waals surface area contributed by atoms with Crippen molar-refractivity contribution in [2.75, 3.05) is 19.6 Å². The molecule has 28 heavy (non-hydrogen) atoms. The van der Waals surface area contributed by atoms with E-state index in [9.17, 15) is 14.6 Å². The number of nitrogens with zero attached hydrogens (tertiary/aromatic N) is 1. The van der Waals surface area contributed by atoms with E-state index >= 15 is 0 Å². The largest absolute Gasteiger partial charge is 0.487 e. The van der Waals surface area contributed by atoms with Gasteiger partial charge in [0.05, 0.1) is 22.3 Å². The summed E-state index contributed by atoms with van der Waals surface area (Å²) in [6.07, 6.45) is 0.523. The van der Waals surface area contributed by atoms with Crippen LogP contribution in [0.25, 0.3) is 0 Å². The first-order chi connectivity index (χ1) is 13.3. The van der Waals surface area contributed by atoms with Crippen LogP contribution in [0.2, 0.25) is 10.0 Å². The van der Waals surface area contributed by atoms with Crippen LogP contribution < -0.4 is 4.74 Å². The predicted molar refractivity (Wildman–Crippen MR) is 106 cm³/mol. The highest BCUT2D eigenvalue weighted by atomic mass is 35.5. The van der Waals surface area contributed by atoms with E-state index in [0.717, 1.165) is 31.5 Å². The van der Waals surface area contributed by atoms with Gasteiger partial charge in [-0.15, -0.1) is 0 Å². The highest BCUT2D eigenvalue weighted by Gasteiger charge is 2.43. The summed E-state index contributed by atoms with van der Waals surface area (Å²) in [5, 5.41) is 21.9. The lowest BCUT2D eigenvalue weighted by atomic mass is 9.81. The Morgan fingerprint density at radius 3 is 2.61 bits per heavy atom. The highest BCUT2D eigenvalue weighted by Crippen LogP contribution is 2.44. The number of aliphatic hydroxyl groups excluding tert-OH is 2. The fourth-order valence-electron chi connectivity index (χ4n) is 4.13. The van der Waals surface area contributed by atoms with Crippen LogP contribution in [0.5, 0.6) is 5.75 Å². The van der Waals surface area contributed by atoms with Gasteiger partial charge >= 0.3 is 0 Å². The molecule has 2 N–H and O–H groups in total. The number of hydrogen-bond acceptors (Lipinski definition) is 4. The molecule has 0 saturated carbocycles. The van der Waals surface area contributed by atoms with Gasteiger partial charge in [-0.25, -0.2) is 4.39 Å². The first kappa shape index (κ1) is 19.9. The van der Waals surface area contributed by atoms with Gasteiger partial charge in [-0.2, -0.15) is 0 Å². The van der Waals surface area contributed by atoms with Crippen molar-refractivity contribution in [3.8, 4) is 5.75 Å². The van der Waals surface area contributed by atoms with Crippen LogP contribution in [0.15, 0.2) is 36.4 Å². The lowest BCUT2D eigenvalue weighted by Crippen LogP contribution is -2.51. The Morgan fingerprint density at radius 2 is 1.89 bits per heavy atom. The smallest absolute Gasteiger partial charge is 0.126 e. The van der Waals surface area contributed by atoms with Crippen molar-refractivity contribution in [2.45, 2.75) is 37.1 Å². The normalized spacial score (nSPS) is 22.5. The molecule has 0 radical (unpaired) electrons. The second-order valence-corrected chi connectivity index (χ2v) is 8.49. The topological polar surface area (TPSA) is 52.9 Å². The summed E-state index contributed by atoms with van der Waals surface area (Å²) >= 11 is 12.0. The Hall–Kier alpha value is -1.37. The predicted octanol–water partition coefficient (Wildman–Crippen LogP) is 4.52. The molecular formula is C21H22Cl2FNO3. The summed E-state index contributed by atoms with van der Waals surface area (Å²) in [4.78, 5) is 2.17. The SMILES string of the molecule is OC(CN1CCC2(CC1)CC(O)c1cc(F)ccc1O2)c1ccc(Cl)c(Cl)c1. The summed E-state index contributed by atoms with van der Waals surface area (Å²) in [7, 11) is 0. The molecule has 2 heterocycles. The number of aliphatic hydroxyl groups is 2. The van der Waals surface area contributed by atoms with Gasteiger partial charge in [-0.1, -0.05) is 29.3 Å². The number of β-amino-alcohol motifs (C(OH)–C–C–N with tert-alkyl or cyclic N) is 1. The van der Waals surface area contributed by atoms with Crippen LogP contribution in [-0.4, -0.2) is 40.3 Å². The van der Waals surface area contributed by atoms with Crippen molar-refractivity contribution in [1.82, 2.24) is 4.90 Å². The molecule has 2 aromatic carbocycles. The number of rotatable bonds is 3. The Bertz CT molecular complexity index is 871. The summed E-state index contributed by atoms with van der Waals surface area (Å²) in [6, 6.07) is 9.45. The fourth-order valence-corrected chi connectivity index (χ4v) is 4.44. The molecule has 2 aromatic rings. The number of fused-ring (bicyclic) bond motifs is 1. The summed E-state index contributed by atoms with van der Waals surface area (Å²) in [6.45, 7) is 1.96. The minimum Gasteiger partial charge on any atom is -0.487 e. The maximum Gasteiger partial charge on any atom is 0.126 e. The zero-order chi connectivity index (χ0) is 19.9. The molecule has 0 bridgehead atoms. The molecule has 2 atom stereocenters. The Morgan fingerprint density at radius 1 is 1.14 bits per heavy atom. The minimum atomic E-state index is -0.729. The molecule has 1 fully saturated rings. The third kappa shape index (κ3) is 4.00. The van der Waals surface area contributed by atoms with Crippen LogP contribution in [0.3, 0.4) is 0 Å². The van der Waals surface area contributed by atoms with Gasteiger partial charge < -0.3 is 19.8 Å². The zero-order valence-corrected chi connectivity index (χ0v) is 16.8. The molecule has 2 aliphatic heterocycles. The Kier molecular flexibility index (Phi) is 5.55. The van der Waals surface area contributed by atoms with Crippen molar-refractivity contribution in [1.29, 1.82) is 0 Å². The molecule has 0 aromatic heterocycles. The molecule has 4 rings (SSSR count). The quantitative estimate of drug-likeness (QED) is 0.758. The summed E-state index contributed by atoms with van der Waals surface area (Å²) in [5.41, 5.74) is 0.799. The number of hydrogen-bond donors (Lipinski definition) is 2. The van der Waals surface area contributed by atoms with Gasteiger partial charge in [0.2, 0.25) is 0 Å². The van der Waals surface area contributed by atoms with Crippen molar-refractivity contribution >= 4 is 23.2 Å². The summed E-state index contributed by atoms with van der Waals surface area (Å²) < 4.78 is 19.7. The number of piperidine rings is 1. The molecule has 7 heteroatoms. The third-order valence-electron chi connectivity index (χ3n) is 5.75. The van der Waals surface area contributed by atoms with E-state index in [0.29, 0.717) is 34.3 Å². The minimum absolute atomic E-state index is 0.372. The van der Waals surface area contributed by atoms with Gasteiger partial charge in [0.15, 0.2) is 0 Å². The molecule has 0 amide bonds. The number of ether oxygens (including phenoxy) is 1. The molecule has 4 nitrogen and oxygen atoms in total. The van der Waals surface area contributed by atoms with E-state index in [-0.39, 0.29) is 5.82 Å². The molecule has 150 valence electrons. The first-order valence-electron chi connectivity index (χ1n) is 9.37. The monoisotopic (exact) mass is 425 g/mol. The number of benzene rings is 2.